The Morgan fingerprint density at radius 1 is 1.00 bits per heavy atom. The third-order valence-electron chi connectivity index (χ3n) is 4.24. The highest BCUT2D eigenvalue weighted by Gasteiger charge is 2.17. The predicted octanol–water partition coefficient (Wildman–Crippen LogP) is 3.13. The first kappa shape index (κ1) is 15.5. The largest absolute Gasteiger partial charge is 0.355 e. The Kier molecular flexibility index (Phi) is 4.86. The minimum absolute atomic E-state index is 0.147. The SMILES string of the molecule is CN(C(=O)c1cnc(N2CCCCCC2)cn1)c1ccccc1. The average Bonchev–Trinajstić information content (AvgIpc) is 2.91. The van der Waals surface area contributed by atoms with E-state index in [1.54, 1.807) is 24.3 Å². The Balaban J connectivity index is 1.72. The Morgan fingerprint density at radius 3 is 2.30 bits per heavy atom. The molecule has 5 heteroatoms. The predicted molar refractivity (Wildman–Crippen MR) is 91.9 cm³/mol. The molecule has 0 bridgehead atoms. The average molecular weight is 310 g/mol. The van der Waals surface area contributed by atoms with Crippen molar-refractivity contribution in [3.63, 3.8) is 0 Å². The van der Waals surface area contributed by atoms with E-state index < -0.39 is 0 Å². The maximum absolute atomic E-state index is 12.5. The molecule has 1 aliphatic heterocycles. The molecule has 1 saturated heterocycles. The first-order chi connectivity index (χ1) is 11.3. The van der Waals surface area contributed by atoms with Crippen molar-refractivity contribution >= 4 is 17.4 Å². The van der Waals surface area contributed by atoms with Crippen LogP contribution in [-0.4, -0.2) is 36.0 Å². The molecule has 1 fully saturated rings. The first-order valence-corrected chi connectivity index (χ1v) is 8.16. The van der Waals surface area contributed by atoms with Gasteiger partial charge in [-0.3, -0.25) is 4.79 Å². The van der Waals surface area contributed by atoms with E-state index in [1.165, 1.54) is 25.7 Å². The maximum Gasteiger partial charge on any atom is 0.278 e. The molecule has 0 saturated carbocycles. The van der Waals surface area contributed by atoms with Gasteiger partial charge in [-0.05, 0) is 25.0 Å². The minimum atomic E-state index is -0.147. The smallest absolute Gasteiger partial charge is 0.278 e. The number of rotatable bonds is 3. The fourth-order valence-electron chi connectivity index (χ4n) is 2.84. The van der Waals surface area contributed by atoms with Crippen LogP contribution >= 0.6 is 0 Å². The van der Waals surface area contributed by atoms with Crippen molar-refractivity contribution < 1.29 is 4.79 Å². The number of nitrogens with zero attached hydrogens (tertiary/aromatic N) is 4. The quantitative estimate of drug-likeness (QED) is 0.874. The lowest BCUT2D eigenvalue weighted by molar-refractivity contribution is 0.0988. The van der Waals surface area contributed by atoms with Gasteiger partial charge in [0.25, 0.3) is 5.91 Å². The number of aromatic nitrogens is 2. The van der Waals surface area contributed by atoms with Gasteiger partial charge in [-0.1, -0.05) is 31.0 Å². The number of carbonyl (C=O) groups excluding carboxylic acids is 1. The zero-order valence-electron chi connectivity index (χ0n) is 13.5. The number of hydrogen-bond donors (Lipinski definition) is 0. The molecule has 0 unspecified atom stereocenters. The fourth-order valence-corrected chi connectivity index (χ4v) is 2.84. The standard InChI is InChI=1S/C18H22N4O/c1-21(15-9-5-4-6-10-15)18(23)16-13-20-17(14-19-16)22-11-7-2-3-8-12-22/h4-6,9-10,13-14H,2-3,7-8,11-12H2,1H3. The highest BCUT2D eigenvalue weighted by Crippen LogP contribution is 2.18. The monoisotopic (exact) mass is 310 g/mol. The minimum Gasteiger partial charge on any atom is -0.355 e. The Morgan fingerprint density at radius 2 is 1.70 bits per heavy atom. The van der Waals surface area contributed by atoms with Gasteiger partial charge >= 0.3 is 0 Å². The van der Waals surface area contributed by atoms with E-state index in [2.05, 4.69) is 14.9 Å². The van der Waals surface area contributed by atoms with Crippen LogP contribution in [0.4, 0.5) is 11.5 Å². The first-order valence-electron chi connectivity index (χ1n) is 8.16. The fraction of sp³-hybridized carbons (Fsp3) is 0.389. The second kappa shape index (κ2) is 7.22. The lowest BCUT2D eigenvalue weighted by atomic mass is 10.2. The second-order valence-corrected chi connectivity index (χ2v) is 5.86. The molecule has 0 N–H and O–H groups in total. The molecule has 0 spiro atoms. The Labute approximate surface area is 137 Å². The van der Waals surface area contributed by atoms with Gasteiger partial charge in [-0.15, -0.1) is 0 Å². The molecule has 1 aliphatic rings. The van der Waals surface area contributed by atoms with Crippen LogP contribution in [0.2, 0.25) is 0 Å². The molecule has 0 atom stereocenters. The zero-order chi connectivity index (χ0) is 16.1. The summed E-state index contributed by atoms with van der Waals surface area (Å²) in [5, 5.41) is 0. The summed E-state index contributed by atoms with van der Waals surface area (Å²) in [6, 6.07) is 9.55. The van der Waals surface area contributed by atoms with E-state index in [4.69, 9.17) is 0 Å². The van der Waals surface area contributed by atoms with Crippen molar-refractivity contribution in [3.8, 4) is 0 Å². The number of anilines is 2. The molecule has 23 heavy (non-hydrogen) atoms. The van der Waals surface area contributed by atoms with Crippen LogP contribution < -0.4 is 9.80 Å². The van der Waals surface area contributed by atoms with Crippen molar-refractivity contribution in [1.82, 2.24) is 9.97 Å². The van der Waals surface area contributed by atoms with Gasteiger partial charge in [0.05, 0.1) is 12.4 Å². The summed E-state index contributed by atoms with van der Waals surface area (Å²) >= 11 is 0. The van der Waals surface area contributed by atoms with Crippen molar-refractivity contribution in [2.75, 3.05) is 29.9 Å². The van der Waals surface area contributed by atoms with E-state index >= 15 is 0 Å². The Hall–Kier alpha value is -2.43. The van der Waals surface area contributed by atoms with Crippen LogP contribution in [0.1, 0.15) is 36.2 Å². The molecule has 0 aliphatic carbocycles. The number of para-hydroxylation sites is 1. The van der Waals surface area contributed by atoms with Crippen molar-refractivity contribution in [2.24, 2.45) is 0 Å². The van der Waals surface area contributed by atoms with Crippen LogP contribution in [-0.2, 0) is 0 Å². The molecular weight excluding hydrogens is 288 g/mol. The summed E-state index contributed by atoms with van der Waals surface area (Å²) in [6.45, 7) is 2.04. The lowest BCUT2D eigenvalue weighted by Crippen LogP contribution is -2.28. The molecule has 1 aromatic heterocycles. The van der Waals surface area contributed by atoms with E-state index in [-0.39, 0.29) is 5.91 Å². The van der Waals surface area contributed by atoms with Crippen LogP contribution in [0.3, 0.4) is 0 Å². The van der Waals surface area contributed by atoms with Crippen LogP contribution in [0, 0.1) is 0 Å². The van der Waals surface area contributed by atoms with Crippen molar-refractivity contribution in [1.29, 1.82) is 0 Å². The van der Waals surface area contributed by atoms with Gasteiger partial charge in [-0.25, -0.2) is 9.97 Å². The summed E-state index contributed by atoms with van der Waals surface area (Å²) < 4.78 is 0. The van der Waals surface area contributed by atoms with Gasteiger partial charge < -0.3 is 9.80 Å². The highest BCUT2D eigenvalue weighted by molar-refractivity contribution is 6.04. The zero-order valence-corrected chi connectivity index (χ0v) is 13.5. The van der Waals surface area contributed by atoms with Gasteiger partial charge in [0.1, 0.15) is 11.5 Å². The summed E-state index contributed by atoms with van der Waals surface area (Å²) in [4.78, 5) is 25.1. The molecule has 1 aromatic carbocycles. The lowest BCUT2D eigenvalue weighted by Gasteiger charge is -2.21. The van der Waals surface area contributed by atoms with Gasteiger partial charge in [-0.2, -0.15) is 0 Å². The molecule has 2 aromatic rings. The summed E-state index contributed by atoms with van der Waals surface area (Å²) in [5.41, 5.74) is 1.21. The third-order valence-corrected chi connectivity index (χ3v) is 4.24. The molecule has 5 nitrogen and oxygen atoms in total. The second-order valence-electron chi connectivity index (χ2n) is 5.86. The number of benzene rings is 1. The number of amides is 1. The topological polar surface area (TPSA) is 49.3 Å². The number of carbonyl (C=O) groups is 1. The highest BCUT2D eigenvalue weighted by atomic mass is 16.2. The van der Waals surface area contributed by atoms with Crippen molar-refractivity contribution in [2.45, 2.75) is 25.7 Å². The molecule has 1 amide bonds. The number of hydrogen-bond acceptors (Lipinski definition) is 4. The van der Waals surface area contributed by atoms with Crippen LogP contribution in [0.15, 0.2) is 42.7 Å². The Bertz CT molecular complexity index is 634. The third kappa shape index (κ3) is 3.67. The van der Waals surface area contributed by atoms with Crippen molar-refractivity contribution in [3.05, 3.63) is 48.4 Å². The normalized spacial score (nSPS) is 15.1. The summed E-state index contributed by atoms with van der Waals surface area (Å²) in [7, 11) is 1.75. The van der Waals surface area contributed by atoms with Crippen LogP contribution in [0.25, 0.3) is 0 Å². The molecule has 2 heterocycles. The van der Waals surface area contributed by atoms with Gasteiger partial charge in [0, 0.05) is 25.8 Å². The van der Waals surface area contributed by atoms with E-state index in [1.807, 2.05) is 30.3 Å². The maximum atomic E-state index is 12.5. The van der Waals surface area contributed by atoms with E-state index in [0.717, 1.165) is 24.6 Å². The molecule has 120 valence electrons. The molecular formula is C18H22N4O. The summed E-state index contributed by atoms with van der Waals surface area (Å²) in [5.74, 6) is 0.719. The van der Waals surface area contributed by atoms with Gasteiger partial charge in [0.15, 0.2) is 0 Å². The summed E-state index contributed by atoms with van der Waals surface area (Å²) in [6.07, 6.45) is 8.25. The molecule has 3 rings (SSSR count). The molecule has 0 radical (unpaired) electrons. The van der Waals surface area contributed by atoms with Crippen LogP contribution in [0.5, 0.6) is 0 Å². The van der Waals surface area contributed by atoms with Gasteiger partial charge in [0.2, 0.25) is 0 Å². The van der Waals surface area contributed by atoms with E-state index in [9.17, 15) is 4.79 Å². The van der Waals surface area contributed by atoms with E-state index in [0.29, 0.717) is 5.69 Å².